The first-order valence-corrected chi connectivity index (χ1v) is 10.7. The lowest BCUT2D eigenvalue weighted by atomic mass is 9.74. The predicted molar refractivity (Wildman–Crippen MR) is 106 cm³/mol. The highest BCUT2D eigenvalue weighted by Gasteiger charge is 2.38. The van der Waals surface area contributed by atoms with Crippen molar-refractivity contribution in [2.45, 2.75) is 64.7 Å². The number of aromatic nitrogens is 3. The monoisotopic (exact) mass is 382 g/mol. The third-order valence-electron chi connectivity index (χ3n) is 6.45. The first kappa shape index (κ1) is 19.1. The molecule has 28 heavy (non-hydrogen) atoms. The molecule has 1 aliphatic carbocycles. The molecule has 0 aromatic carbocycles. The lowest BCUT2D eigenvalue weighted by molar-refractivity contribution is -0.145. The van der Waals surface area contributed by atoms with Gasteiger partial charge in [-0.15, -0.1) is 0 Å². The molecule has 0 radical (unpaired) electrons. The van der Waals surface area contributed by atoms with Crippen LogP contribution in [-0.2, 0) is 11.2 Å². The number of amides is 1. The fourth-order valence-corrected chi connectivity index (χ4v) is 4.71. The topological polar surface area (TPSA) is 72.1 Å². The molecule has 2 fully saturated rings. The fourth-order valence-electron chi connectivity index (χ4n) is 4.71. The van der Waals surface area contributed by atoms with Crippen molar-refractivity contribution in [2.75, 3.05) is 13.1 Å². The van der Waals surface area contributed by atoms with Crippen LogP contribution in [0.4, 0.5) is 0 Å². The van der Waals surface area contributed by atoms with Crippen LogP contribution >= 0.6 is 0 Å². The number of hydrogen-bond donors (Lipinski definition) is 0. The molecule has 2 aliphatic rings. The van der Waals surface area contributed by atoms with E-state index in [0.717, 1.165) is 56.6 Å². The average molecular weight is 383 g/mol. The van der Waals surface area contributed by atoms with Crippen LogP contribution in [0.2, 0.25) is 0 Å². The molecular weight excluding hydrogens is 352 g/mol. The van der Waals surface area contributed by atoms with Crippen molar-refractivity contribution < 1.29 is 9.32 Å². The summed E-state index contributed by atoms with van der Waals surface area (Å²) in [5.74, 6) is 2.20. The highest BCUT2D eigenvalue weighted by molar-refractivity contribution is 5.82. The van der Waals surface area contributed by atoms with E-state index in [1.807, 2.05) is 12.1 Å². The van der Waals surface area contributed by atoms with Gasteiger partial charge in [0.25, 0.3) is 5.89 Å². The SMILES string of the molecule is CC1(C(=O)N2CCCC(CCc3noc(-c4ccncc4)n3)C2)CCCCC1. The Morgan fingerprint density at radius 1 is 1.21 bits per heavy atom. The third kappa shape index (κ3) is 4.26. The second-order valence-electron chi connectivity index (χ2n) is 8.67. The lowest BCUT2D eigenvalue weighted by Crippen LogP contribution is -2.47. The summed E-state index contributed by atoms with van der Waals surface area (Å²) in [4.78, 5) is 23.8. The van der Waals surface area contributed by atoms with Crippen LogP contribution in [-0.4, -0.2) is 39.0 Å². The molecule has 2 aromatic rings. The molecule has 1 unspecified atom stereocenters. The Bertz CT molecular complexity index is 783. The largest absolute Gasteiger partial charge is 0.342 e. The van der Waals surface area contributed by atoms with E-state index in [1.165, 1.54) is 25.7 Å². The van der Waals surface area contributed by atoms with Gasteiger partial charge < -0.3 is 9.42 Å². The van der Waals surface area contributed by atoms with Gasteiger partial charge in [-0.1, -0.05) is 31.3 Å². The summed E-state index contributed by atoms with van der Waals surface area (Å²) in [7, 11) is 0. The molecule has 1 atom stereocenters. The summed E-state index contributed by atoms with van der Waals surface area (Å²) in [6, 6.07) is 3.74. The minimum Gasteiger partial charge on any atom is -0.342 e. The second-order valence-corrected chi connectivity index (χ2v) is 8.67. The maximum Gasteiger partial charge on any atom is 0.258 e. The summed E-state index contributed by atoms with van der Waals surface area (Å²) in [6.45, 7) is 3.97. The van der Waals surface area contributed by atoms with E-state index in [2.05, 4.69) is 26.9 Å². The quantitative estimate of drug-likeness (QED) is 0.772. The number of carbonyl (C=O) groups is 1. The molecule has 0 N–H and O–H groups in total. The van der Waals surface area contributed by atoms with E-state index < -0.39 is 0 Å². The Hall–Kier alpha value is -2.24. The van der Waals surface area contributed by atoms with Crippen molar-refractivity contribution in [1.29, 1.82) is 0 Å². The van der Waals surface area contributed by atoms with Gasteiger partial charge in [-0.05, 0) is 50.2 Å². The van der Waals surface area contributed by atoms with Crippen LogP contribution in [0.15, 0.2) is 29.0 Å². The van der Waals surface area contributed by atoms with Gasteiger partial charge in [-0.25, -0.2) is 0 Å². The van der Waals surface area contributed by atoms with Crippen LogP contribution in [0.3, 0.4) is 0 Å². The molecule has 4 rings (SSSR count). The van der Waals surface area contributed by atoms with E-state index >= 15 is 0 Å². The molecule has 1 saturated carbocycles. The van der Waals surface area contributed by atoms with E-state index in [4.69, 9.17) is 4.52 Å². The van der Waals surface area contributed by atoms with Crippen LogP contribution in [0, 0.1) is 11.3 Å². The Morgan fingerprint density at radius 3 is 2.79 bits per heavy atom. The minimum atomic E-state index is -0.132. The van der Waals surface area contributed by atoms with Crippen molar-refractivity contribution in [3.05, 3.63) is 30.4 Å². The number of aryl methyl sites for hydroxylation is 1. The minimum absolute atomic E-state index is 0.132. The first-order chi connectivity index (χ1) is 13.6. The molecule has 0 spiro atoms. The van der Waals surface area contributed by atoms with Gasteiger partial charge >= 0.3 is 0 Å². The standard InChI is InChI=1S/C22H30N4O2/c1-22(11-3-2-4-12-22)21(27)26-15-5-6-17(16-26)7-8-19-24-20(28-25-19)18-9-13-23-14-10-18/h9-10,13-14,17H,2-8,11-12,15-16H2,1H3. The van der Waals surface area contributed by atoms with E-state index in [-0.39, 0.29) is 5.41 Å². The van der Waals surface area contributed by atoms with E-state index in [9.17, 15) is 4.79 Å². The summed E-state index contributed by atoms with van der Waals surface area (Å²) in [5.41, 5.74) is 0.761. The van der Waals surface area contributed by atoms with Gasteiger partial charge in [0.05, 0.1) is 0 Å². The highest BCUT2D eigenvalue weighted by atomic mass is 16.5. The molecule has 6 heteroatoms. The van der Waals surface area contributed by atoms with Crippen LogP contribution in [0.25, 0.3) is 11.5 Å². The maximum absolute atomic E-state index is 13.1. The molecule has 6 nitrogen and oxygen atoms in total. The Balaban J connectivity index is 1.32. The number of likely N-dealkylation sites (tertiary alicyclic amines) is 1. The van der Waals surface area contributed by atoms with Gasteiger partial charge in [0.1, 0.15) is 0 Å². The normalized spacial score (nSPS) is 22.2. The fraction of sp³-hybridized carbons (Fsp3) is 0.636. The van der Waals surface area contributed by atoms with Gasteiger partial charge in [0, 0.05) is 42.9 Å². The molecule has 3 heterocycles. The second kappa shape index (κ2) is 8.41. The summed E-state index contributed by atoms with van der Waals surface area (Å²) in [6.07, 6.45) is 13.3. The number of nitrogens with zero attached hydrogens (tertiary/aromatic N) is 4. The van der Waals surface area contributed by atoms with Gasteiger partial charge in [0.2, 0.25) is 5.91 Å². The zero-order chi connectivity index (χ0) is 19.4. The summed E-state index contributed by atoms with van der Waals surface area (Å²) in [5, 5.41) is 4.13. The third-order valence-corrected chi connectivity index (χ3v) is 6.45. The number of pyridine rings is 1. The lowest BCUT2D eigenvalue weighted by Gasteiger charge is -2.40. The van der Waals surface area contributed by atoms with Gasteiger partial charge in [-0.3, -0.25) is 9.78 Å². The Morgan fingerprint density at radius 2 is 2.00 bits per heavy atom. The number of rotatable bonds is 5. The van der Waals surface area contributed by atoms with Crippen molar-refractivity contribution in [2.24, 2.45) is 11.3 Å². The van der Waals surface area contributed by atoms with Crippen LogP contribution in [0.5, 0.6) is 0 Å². The highest BCUT2D eigenvalue weighted by Crippen LogP contribution is 2.38. The van der Waals surface area contributed by atoms with Crippen molar-refractivity contribution in [3.63, 3.8) is 0 Å². The number of hydrogen-bond acceptors (Lipinski definition) is 5. The molecule has 1 saturated heterocycles. The van der Waals surface area contributed by atoms with Gasteiger partial charge in [0.15, 0.2) is 5.82 Å². The molecular formula is C22H30N4O2. The number of carbonyl (C=O) groups excluding carboxylic acids is 1. The summed E-state index contributed by atoms with van der Waals surface area (Å²) >= 11 is 0. The zero-order valence-corrected chi connectivity index (χ0v) is 16.8. The number of piperidine rings is 1. The Kier molecular flexibility index (Phi) is 5.74. The zero-order valence-electron chi connectivity index (χ0n) is 16.8. The molecule has 1 amide bonds. The smallest absolute Gasteiger partial charge is 0.258 e. The van der Waals surface area contributed by atoms with Crippen molar-refractivity contribution in [3.8, 4) is 11.5 Å². The predicted octanol–water partition coefficient (Wildman–Crippen LogP) is 4.27. The average Bonchev–Trinajstić information content (AvgIpc) is 3.22. The van der Waals surface area contributed by atoms with Gasteiger partial charge in [-0.2, -0.15) is 4.98 Å². The van der Waals surface area contributed by atoms with Crippen LogP contribution in [0.1, 0.15) is 64.1 Å². The van der Waals surface area contributed by atoms with E-state index in [1.54, 1.807) is 12.4 Å². The van der Waals surface area contributed by atoms with Crippen molar-refractivity contribution in [1.82, 2.24) is 20.0 Å². The van der Waals surface area contributed by atoms with Crippen LogP contribution < -0.4 is 0 Å². The molecule has 1 aliphatic heterocycles. The first-order valence-electron chi connectivity index (χ1n) is 10.7. The molecule has 150 valence electrons. The van der Waals surface area contributed by atoms with E-state index in [0.29, 0.717) is 17.7 Å². The van der Waals surface area contributed by atoms with Crippen molar-refractivity contribution >= 4 is 5.91 Å². The molecule has 2 aromatic heterocycles. The Labute approximate surface area is 166 Å². The maximum atomic E-state index is 13.1. The molecule has 0 bridgehead atoms. The summed E-state index contributed by atoms with van der Waals surface area (Å²) < 4.78 is 5.39.